The quantitative estimate of drug-likeness (QED) is 0.622. The molecule has 3 rings (SSSR count). The van der Waals surface area contributed by atoms with Crippen molar-refractivity contribution in [3.05, 3.63) is 41.5 Å². The van der Waals surface area contributed by atoms with Crippen LogP contribution in [0.2, 0.25) is 0 Å². The summed E-state index contributed by atoms with van der Waals surface area (Å²) < 4.78 is 0. The molecule has 2 aliphatic carbocycles. The van der Waals surface area contributed by atoms with Gasteiger partial charge in [0.05, 0.1) is 0 Å². The number of benzene rings is 1. The van der Waals surface area contributed by atoms with Crippen LogP contribution in [0.4, 0.5) is 0 Å². The van der Waals surface area contributed by atoms with E-state index in [9.17, 15) is 0 Å². The topological polar surface area (TPSA) is 0 Å². The van der Waals surface area contributed by atoms with Crippen molar-refractivity contribution in [2.75, 3.05) is 0 Å². The second-order valence-electron chi connectivity index (χ2n) is 4.69. The lowest BCUT2D eigenvalue weighted by Gasteiger charge is -2.30. The van der Waals surface area contributed by atoms with Gasteiger partial charge in [0.25, 0.3) is 0 Å². The van der Waals surface area contributed by atoms with Gasteiger partial charge in [0.2, 0.25) is 0 Å². The summed E-state index contributed by atoms with van der Waals surface area (Å²) >= 11 is 0. The number of allylic oxidation sites excluding steroid dienone is 2. The Balaban J connectivity index is 1.90. The van der Waals surface area contributed by atoms with Gasteiger partial charge in [0, 0.05) is 0 Å². The number of fused-ring (bicyclic) bond motifs is 1. The Morgan fingerprint density at radius 3 is 2.57 bits per heavy atom. The molecule has 0 saturated heterocycles. The van der Waals surface area contributed by atoms with Crippen molar-refractivity contribution in [1.82, 2.24) is 0 Å². The lowest BCUT2D eigenvalue weighted by atomic mass is 9.74. The predicted molar refractivity (Wildman–Crippen MR) is 60.0 cm³/mol. The van der Waals surface area contributed by atoms with Gasteiger partial charge in [-0.3, -0.25) is 0 Å². The lowest BCUT2D eigenvalue weighted by molar-refractivity contribution is 0.524. The van der Waals surface area contributed by atoms with Gasteiger partial charge in [0.1, 0.15) is 0 Å². The van der Waals surface area contributed by atoms with Gasteiger partial charge in [0.15, 0.2) is 0 Å². The van der Waals surface area contributed by atoms with Gasteiger partial charge < -0.3 is 0 Å². The van der Waals surface area contributed by atoms with Crippen LogP contribution in [0.15, 0.2) is 30.3 Å². The Hall–Kier alpha value is -1.04. The second kappa shape index (κ2) is 2.98. The van der Waals surface area contributed by atoms with Crippen LogP contribution >= 0.6 is 0 Å². The number of aryl methyl sites for hydroxylation is 1. The van der Waals surface area contributed by atoms with E-state index in [2.05, 4.69) is 37.3 Å². The molecule has 0 radical (unpaired) electrons. The van der Waals surface area contributed by atoms with E-state index in [0.29, 0.717) is 0 Å². The van der Waals surface area contributed by atoms with Crippen molar-refractivity contribution in [3.8, 4) is 0 Å². The molecule has 2 atom stereocenters. The Morgan fingerprint density at radius 2 is 1.86 bits per heavy atom. The molecule has 0 aliphatic heterocycles. The summed E-state index contributed by atoms with van der Waals surface area (Å²) in [7, 11) is 0. The summed E-state index contributed by atoms with van der Waals surface area (Å²) in [6.45, 7) is 2.15. The normalized spacial score (nSPS) is 29.4. The van der Waals surface area contributed by atoms with Gasteiger partial charge in [-0.15, -0.1) is 0 Å². The SMILES string of the molecule is Cc1ccc(C2=CC3CCCC23)cc1. The Morgan fingerprint density at radius 1 is 1.07 bits per heavy atom. The molecule has 72 valence electrons. The predicted octanol–water partition coefficient (Wildman–Crippen LogP) is 3.81. The van der Waals surface area contributed by atoms with E-state index < -0.39 is 0 Å². The van der Waals surface area contributed by atoms with Crippen LogP contribution in [-0.2, 0) is 0 Å². The van der Waals surface area contributed by atoms with E-state index in [-0.39, 0.29) is 0 Å². The highest BCUT2D eigenvalue weighted by Gasteiger charge is 2.36. The molecule has 1 fully saturated rings. The molecule has 0 nitrogen and oxygen atoms in total. The van der Waals surface area contributed by atoms with E-state index in [0.717, 1.165) is 11.8 Å². The molecule has 0 heterocycles. The molecule has 0 spiro atoms. The lowest BCUT2D eigenvalue weighted by Crippen LogP contribution is -2.17. The fourth-order valence-corrected chi connectivity index (χ4v) is 2.87. The first-order valence-electron chi connectivity index (χ1n) is 5.63. The maximum Gasteiger partial charge on any atom is -0.00959 e. The second-order valence-corrected chi connectivity index (χ2v) is 4.69. The minimum Gasteiger partial charge on any atom is -0.0767 e. The van der Waals surface area contributed by atoms with Crippen LogP contribution < -0.4 is 0 Å². The molecule has 2 aliphatic rings. The zero-order chi connectivity index (χ0) is 9.54. The molecular formula is C14H16. The average molecular weight is 184 g/mol. The smallest absolute Gasteiger partial charge is 0.00959 e. The summed E-state index contributed by atoms with van der Waals surface area (Å²) in [6.07, 6.45) is 6.77. The molecule has 1 aromatic carbocycles. The largest absolute Gasteiger partial charge is 0.0767 e. The minimum absolute atomic E-state index is 0.901. The fraction of sp³-hybridized carbons (Fsp3) is 0.429. The first-order chi connectivity index (χ1) is 6.84. The molecule has 0 N–H and O–H groups in total. The van der Waals surface area contributed by atoms with Crippen molar-refractivity contribution >= 4 is 5.57 Å². The number of rotatable bonds is 1. The third kappa shape index (κ3) is 1.13. The fourth-order valence-electron chi connectivity index (χ4n) is 2.87. The third-order valence-corrected chi connectivity index (χ3v) is 3.75. The highest BCUT2D eigenvalue weighted by molar-refractivity contribution is 5.73. The maximum atomic E-state index is 2.49. The zero-order valence-corrected chi connectivity index (χ0v) is 8.66. The van der Waals surface area contributed by atoms with E-state index in [4.69, 9.17) is 0 Å². The number of hydrogen-bond donors (Lipinski definition) is 0. The van der Waals surface area contributed by atoms with Gasteiger partial charge in [-0.1, -0.05) is 42.3 Å². The van der Waals surface area contributed by atoms with Crippen molar-refractivity contribution in [2.45, 2.75) is 26.2 Å². The summed E-state index contributed by atoms with van der Waals surface area (Å²) in [6, 6.07) is 8.99. The van der Waals surface area contributed by atoms with Crippen LogP contribution in [0, 0.1) is 18.8 Å². The molecule has 0 amide bonds. The van der Waals surface area contributed by atoms with Crippen molar-refractivity contribution in [3.63, 3.8) is 0 Å². The summed E-state index contributed by atoms with van der Waals surface area (Å²) in [5.41, 5.74) is 4.43. The van der Waals surface area contributed by atoms with E-state index >= 15 is 0 Å². The highest BCUT2D eigenvalue weighted by Crippen LogP contribution is 2.50. The standard InChI is InChI=1S/C14H16/c1-10-5-7-11(8-6-10)14-9-12-3-2-4-13(12)14/h5-9,12-13H,2-4H2,1H3. The molecule has 0 aromatic heterocycles. The molecule has 1 aromatic rings. The summed E-state index contributed by atoms with van der Waals surface area (Å²) in [5, 5.41) is 0. The van der Waals surface area contributed by atoms with Crippen LogP contribution in [0.1, 0.15) is 30.4 Å². The van der Waals surface area contributed by atoms with Gasteiger partial charge >= 0.3 is 0 Å². The van der Waals surface area contributed by atoms with Gasteiger partial charge in [-0.25, -0.2) is 0 Å². The molecule has 0 heteroatoms. The Bertz CT molecular complexity index is 370. The van der Waals surface area contributed by atoms with Crippen molar-refractivity contribution in [2.24, 2.45) is 11.8 Å². The number of hydrogen-bond acceptors (Lipinski definition) is 0. The first-order valence-corrected chi connectivity index (χ1v) is 5.63. The van der Waals surface area contributed by atoms with Crippen molar-refractivity contribution in [1.29, 1.82) is 0 Å². The molecular weight excluding hydrogens is 168 g/mol. The van der Waals surface area contributed by atoms with Crippen LogP contribution in [-0.4, -0.2) is 0 Å². The highest BCUT2D eigenvalue weighted by atomic mass is 14.4. The third-order valence-electron chi connectivity index (χ3n) is 3.75. The average Bonchev–Trinajstić information content (AvgIpc) is 2.52. The van der Waals surface area contributed by atoms with Crippen LogP contribution in [0.25, 0.3) is 5.57 Å². The van der Waals surface area contributed by atoms with E-state index in [1.807, 2.05) is 0 Å². The zero-order valence-electron chi connectivity index (χ0n) is 8.66. The maximum absolute atomic E-state index is 2.49. The summed E-state index contributed by atoms with van der Waals surface area (Å²) in [5.74, 6) is 1.82. The Kier molecular flexibility index (Phi) is 1.76. The van der Waals surface area contributed by atoms with Crippen LogP contribution in [0.3, 0.4) is 0 Å². The van der Waals surface area contributed by atoms with Gasteiger partial charge in [-0.2, -0.15) is 0 Å². The summed E-state index contributed by atoms with van der Waals surface area (Å²) in [4.78, 5) is 0. The molecule has 14 heavy (non-hydrogen) atoms. The van der Waals surface area contributed by atoms with Gasteiger partial charge in [-0.05, 0) is 42.7 Å². The molecule has 2 unspecified atom stereocenters. The minimum atomic E-state index is 0.901. The van der Waals surface area contributed by atoms with Crippen LogP contribution in [0.5, 0.6) is 0 Å². The molecule has 1 saturated carbocycles. The van der Waals surface area contributed by atoms with E-state index in [1.165, 1.54) is 30.4 Å². The molecule has 0 bridgehead atoms. The first kappa shape index (κ1) is 8.28. The van der Waals surface area contributed by atoms with Crippen molar-refractivity contribution < 1.29 is 0 Å². The van der Waals surface area contributed by atoms with E-state index in [1.54, 1.807) is 5.57 Å². The Labute approximate surface area is 85.6 Å². The monoisotopic (exact) mass is 184 g/mol.